The van der Waals surface area contributed by atoms with E-state index in [9.17, 15) is 4.79 Å². The van der Waals surface area contributed by atoms with Gasteiger partial charge in [0, 0.05) is 18.9 Å². The van der Waals surface area contributed by atoms with Crippen LogP contribution in [0.25, 0.3) is 5.65 Å². The van der Waals surface area contributed by atoms with Crippen LogP contribution in [0.2, 0.25) is 0 Å². The van der Waals surface area contributed by atoms with E-state index >= 15 is 0 Å². The van der Waals surface area contributed by atoms with Crippen LogP contribution in [0, 0.1) is 5.92 Å². The average Bonchev–Trinajstić information content (AvgIpc) is 3.03. The molecule has 3 heterocycles. The largest absolute Gasteiger partial charge is 0.478 e. The fourth-order valence-corrected chi connectivity index (χ4v) is 2.93. The Bertz CT molecular complexity index is 635. The Morgan fingerprint density at radius 2 is 2.30 bits per heavy atom. The fraction of sp³-hybridized carbons (Fsp3) is 0.467. The molecule has 1 aliphatic heterocycles. The molecule has 2 aromatic rings. The van der Waals surface area contributed by atoms with Gasteiger partial charge in [0.2, 0.25) is 0 Å². The number of carboxylic acids is 1. The SMILES string of the molecule is CCN1CCC(Cc2cn3cc(C(=O)O)ccc3n2)C1. The van der Waals surface area contributed by atoms with Gasteiger partial charge in [-0.3, -0.25) is 0 Å². The highest BCUT2D eigenvalue weighted by Crippen LogP contribution is 2.20. The Morgan fingerprint density at radius 1 is 1.45 bits per heavy atom. The lowest BCUT2D eigenvalue weighted by atomic mass is 10.0. The van der Waals surface area contributed by atoms with E-state index in [-0.39, 0.29) is 0 Å². The van der Waals surface area contributed by atoms with Crippen LogP contribution in [0.5, 0.6) is 0 Å². The summed E-state index contributed by atoms with van der Waals surface area (Å²) < 4.78 is 1.81. The van der Waals surface area contributed by atoms with Crippen LogP contribution in [0.4, 0.5) is 0 Å². The summed E-state index contributed by atoms with van der Waals surface area (Å²) in [5, 5.41) is 9.00. The van der Waals surface area contributed by atoms with Crippen molar-refractivity contribution in [3.05, 3.63) is 35.8 Å². The van der Waals surface area contributed by atoms with Crippen LogP contribution >= 0.6 is 0 Å². The molecule has 0 bridgehead atoms. The molecule has 0 radical (unpaired) electrons. The van der Waals surface area contributed by atoms with Crippen molar-refractivity contribution in [2.75, 3.05) is 19.6 Å². The van der Waals surface area contributed by atoms with E-state index < -0.39 is 5.97 Å². The van der Waals surface area contributed by atoms with E-state index in [0.717, 1.165) is 30.9 Å². The highest BCUT2D eigenvalue weighted by atomic mass is 16.4. The van der Waals surface area contributed by atoms with Crippen molar-refractivity contribution in [2.45, 2.75) is 19.8 Å². The van der Waals surface area contributed by atoms with Gasteiger partial charge in [-0.05, 0) is 44.0 Å². The summed E-state index contributed by atoms with van der Waals surface area (Å²) in [7, 11) is 0. The number of carboxylic acid groups (broad SMARTS) is 1. The van der Waals surface area contributed by atoms with Crippen molar-refractivity contribution in [3.8, 4) is 0 Å². The van der Waals surface area contributed by atoms with Crippen molar-refractivity contribution in [1.29, 1.82) is 0 Å². The molecule has 0 amide bonds. The van der Waals surface area contributed by atoms with E-state index in [1.807, 2.05) is 10.6 Å². The summed E-state index contributed by atoms with van der Waals surface area (Å²) in [6.45, 7) is 5.63. The first-order valence-electron chi connectivity index (χ1n) is 7.09. The van der Waals surface area contributed by atoms with E-state index in [0.29, 0.717) is 11.5 Å². The Hall–Kier alpha value is -1.88. The van der Waals surface area contributed by atoms with Gasteiger partial charge in [0.05, 0.1) is 11.3 Å². The van der Waals surface area contributed by atoms with Gasteiger partial charge in [0.1, 0.15) is 5.65 Å². The van der Waals surface area contributed by atoms with Crippen LogP contribution in [0.1, 0.15) is 29.4 Å². The van der Waals surface area contributed by atoms with Crippen molar-refractivity contribution in [1.82, 2.24) is 14.3 Å². The number of pyridine rings is 1. The van der Waals surface area contributed by atoms with Gasteiger partial charge in [-0.25, -0.2) is 9.78 Å². The first-order chi connectivity index (χ1) is 9.65. The van der Waals surface area contributed by atoms with Gasteiger partial charge in [0.15, 0.2) is 0 Å². The zero-order valence-electron chi connectivity index (χ0n) is 11.6. The van der Waals surface area contributed by atoms with Crippen LogP contribution in [0.3, 0.4) is 0 Å². The molecule has 5 nitrogen and oxygen atoms in total. The molecular formula is C15H19N3O2. The number of hydrogen-bond donors (Lipinski definition) is 1. The third-order valence-electron chi connectivity index (χ3n) is 4.06. The first-order valence-corrected chi connectivity index (χ1v) is 7.09. The predicted molar refractivity (Wildman–Crippen MR) is 76.1 cm³/mol. The number of fused-ring (bicyclic) bond motifs is 1. The van der Waals surface area contributed by atoms with Gasteiger partial charge in [-0.1, -0.05) is 6.92 Å². The van der Waals surface area contributed by atoms with Gasteiger partial charge < -0.3 is 14.4 Å². The molecule has 0 aromatic carbocycles. The van der Waals surface area contributed by atoms with E-state index in [2.05, 4.69) is 16.8 Å². The van der Waals surface area contributed by atoms with Crippen molar-refractivity contribution in [3.63, 3.8) is 0 Å². The van der Waals surface area contributed by atoms with Crippen molar-refractivity contribution in [2.24, 2.45) is 5.92 Å². The number of likely N-dealkylation sites (tertiary alicyclic amines) is 1. The molecule has 3 rings (SSSR count). The Kier molecular flexibility index (Phi) is 3.44. The minimum Gasteiger partial charge on any atom is -0.478 e. The van der Waals surface area contributed by atoms with E-state index in [1.54, 1.807) is 18.3 Å². The lowest BCUT2D eigenvalue weighted by molar-refractivity contribution is 0.0696. The maximum atomic E-state index is 11.0. The van der Waals surface area contributed by atoms with Crippen molar-refractivity contribution < 1.29 is 9.90 Å². The smallest absolute Gasteiger partial charge is 0.337 e. The fourth-order valence-electron chi connectivity index (χ4n) is 2.93. The van der Waals surface area contributed by atoms with Gasteiger partial charge in [-0.2, -0.15) is 0 Å². The minimum absolute atomic E-state index is 0.291. The van der Waals surface area contributed by atoms with Crippen molar-refractivity contribution >= 4 is 11.6 Å². The lowest BCUT2D eigenvalue weighted by Crippen LogP contribution is -2.20. The number of aromatic carboxylic acids is 1. The van der Waals surface area contributed by atoms with Gasteiger partial charge in [-0.15, -0.1) is 0 Å². The minimum atomic E-state index is -0.906. The third kappa shape index (κ3) is 2.54. The summed E-state index contributed by atoms with van der Waals surface area (Å²) in [6.07, 6.45) is 5.78. The molecule has 1 aliphatic rings. The highest BCUT2D eigenvalue weighted by molar-refractivity contribution is 5.87. The Morgan fingerprint density at radius 3 is 3.00 bits per heavy atom. The molecule has 1 atom stereocenters. The summed E-state index contributed by atoms with van der Waals surface area (Å²) >= 11 is 0. The average molecular weight is 273 g/mol. The Balaban J connectivity index is 1.77. The summed E-state index contributed by atoms with van der Waals surface area (Å²) in [5.74, 6) is -0.240. The molecule has 0 aliphatic carbocycles. The van der Waals surface area contributed by atoms with E-state index in [4.69, 9.17) is 5.11 Å². The predicted octanol–water partition coefficient (Wildman–Crippen LogP) is 1.92. The maximum Gasteiger partial charge on any atom is 0.337 e. The van der Waals surface area contributed by atoms with Crippen LogP contribution in [0.15, 0.2) is 24.5 Å². The van der Waals surface area contributed by atoms with Crippen LogP contribution < -0.4 is 0 Å². The number of imidazole rings is 1. The number of nitrogens with zero attached hydrogens (tertiary/aromatic N) is 3. The Labute approximate surface area is 117 Å². The normalized spacial score (nSPS) is 19.8. The number of carbonyl (C=O) groups is 1. The molecule has 2 aromatic heterocycles. The molecule has 20 heavy (non-hydrogen) atoms. The second kappa shape index (κ2) is 5.25. The topological polar surface area (TPSA) is 57.8 Å². The molecule has 1 fully saturated rings. The lowest BCUT2D eigenvalue weighted by Gasteiger charge is -2.11. The molecule has 5 heteroatoms. The maximum absolute atomic E-state index is 11.0. The summed E-state index contributed by atoms with van der Waals surface area (Å²) in [5.41, 5.74) is 2.16. The number of hydrogen-bond acceptors (Lipinski definition) is 3. The zero-order valence-corrected chi connectivity index (χ0v) is 11.6. The quantitative estimate of drug-likeness (QED) is 0.924. The number of aromatic nitrogens is 2. The van der Waals surface area contributed by atoms with Crippen LogP contribution in [-0.4, -0.2) is 45.0 Å². The molecule has 0 spiro atoms. The van der Waals surface area contributed by atoms with Crippen LogP contribution in [-0.2, 0) is 6.42 Å². The second-order valence-electron chi connectivity index (χ2n) is 5.47. The molecule has 106 valence electrons. The summed E-state index contributed by atoms with van der Waals surface area (Å²) in [6, 6.07) is 3.36. The highest BCUT2D eigenvalue weighted by Gasteiger charge is 2.22. The van der Waals surface area contributed by atoms with Gasteiger partial charge in [0.25, 0.3) is 0 Å². The van der Waals surface area contributed by atoms with Gasteiger partial charge >= 0.3 is 5.97 Å². The molecule has 0 saturated carbocycles. The number of rotatable bonds is 4. The molecule has 1 saturated heterocycles. The second-order valence-corrected chi connectivity index (χ2v) is 5.47. The molecular weight excluding hydrogens is 254 g/mol. The zero-order chi connectivity index (χ0) is 14.1. The summed E-state index contributed by atoms with van der Waals surface area (Å²) in [4.78, 5) is 18.0. The van der Waals surface area contributed by atoms with E-state index in [1.165, 1.54) is 13.0 Å². The molecule has 1 unspecified atom stereocenters. The standard InChI is InChI=1S/C15H19N3O2/c1-2-17-6-5-11(8-17)7-13-10-18-9-12(15(19)20)3-4-14(18)16-13/h3-4,9-11H,2,5-8H2,1H3,(H,19,20). The molecule has 1 N–H and O–H groups in total. The monoisotopic (exact) mass is 273 g/mol. The first kappa shape index (κ1) is 13.1. The third-order valence-corrected chi connectivity index (χ3v) is 4.06.